The minimum atomic E-state index is -0.589. The number of hydrogen-bond donors (Lipinski definition) is 3. The Bertz CT molecular complexity index is 972. The van der Waals surface area contributed by atoms with Gasteiger partial charge in [0.15, 0.2) is 5.11 Å². The van der Waals surface area contributed by atoms with E-state index in [1.165, 1.54) is 6.07 Å². The fourth-order valence-electron chi connectivity index (χ4n) is 3.24. The maximum Gasteiger partial charge on any atom is 0.184 e. The first-order valence-electron chi connectivity index (χ1n) is 9.02. The van der Waals surface area contributed by atoms with Crippen LogP contribution >= 0.6 is 12.2 Å². The summed E-state index contributed by atoms with van der Waals surface area (Å²) in [4.78, 5) is 1.81. The smallest absolute Gasteiger partial charge is 0.184 e. The van der Waals surface area contributed by atoms with Crippen LogP contribution in [0.15, 0.2) is 41.5 Å². The zero-order chi connectivity index (χ0) is 20.8. The van der Waals surface area contributed by atoms with Gasteiger partial charge in [-0.3, -0.25) is 5.43 Å². The van der Waals surface area contributed by atoms with Gasteiger partial charge in [-0.2, -0.15) is 10.4 Å². The highest BCUT2D eigenvalue weighted by atomic mass is 32.1. The van der Waals surface area contributed by atoms with Crippen molar-refractivity contribution in [1.82, 2.24) is 10.7 Å². The number of nitrogens with zero attached hydrogens (tertiary/aromatic N) is 3. The van der Waals surface area contributed by atoms with E-state index in [9.17, 15) is 14.0 Å². The molecule has 3 rings (SSSR count). The predicted molar refractivity (Wildman–Crippen MR) is 112 cm³/mol. The molecule has 29 heavy (non-hydrogen) atoms. The summed E-state index contributed by atoms with van der Waals surface area (Å²) in [5.74, 6) is -1.12. The highest BCUT2D eigenvalue weighted by Gasteiger charge is 2.25. The van der Waals surface area contributed by atoms with Gasteiger partial charge in [0.25, 0.3) is 0 Å². The molecule has 0 unspecified atom stereocenters. The molecule has 2 aromatic rings. The number of anilines is 1. The number of benzene rings is 2. The van der Waals surface area contributed by atoms with Gasteiger partial charge < -0.3 is 16.0 Å². The first-order chi connectivity index (χ1) is 14.0. The fourth-order valence-corrected chi connectivity index (χ4v) is 3.29. The van der Waals surface area contributed by atoms with E-state index in [0.717, 1.165) is 24.3 Å². The molecule has 0 aliphatic carbocycles. The van der Waals surface area contributed by atoms with Crippen LogP contribution < -0.4 is 21.4 Å². The zero-order valence-electron chi connectivity index (χ0n) is 15.5. The number of nitriles is 1. The second-order valence-electron chi connectivity index (χ2n) is 6.64. The normalized spacial score (nSPS) is 16.2. The van der Waals surface area contributed by atoms with E-state index in [4.69, 9.17) is 5.73 Å². The first-order valence-corrected chi connectivity index (χ1v) is 9.42. The average molecular weight is 414 g/mol. The summed E-state index contributed by atoms with van der Waals surface area (Å²) in [6.07, 6.45) is 1.92. The number of nitrogens with two attached hydrogens (primary N) is 1. The highest BCUT2D eigenvalue weighted by molar-refractivity contribution is 7.80. The van der Waals surface area contributed by atoms with Crippen molar-refractivity contribution in [3.05, 3.63) is 64.7 Å². The third kappa shape index (κ3) is 5.25. The van der Waals surface area contributed by atoms with Crippen LogP contribution in [0.2, 0.25) is 0 Å². The summed E-state index contributed by atoms with van der Waals surface area (Å²) in [5, 5.41) is 16.2. The van der Waals surface area contributed by atoms with Crippen molar-refractivity contribution >= 4 is 29.2 Å². The number of rotatable bonds is 6. The topological polar surface area (TPSA) is 89.5 Å². The van der Waals surface area contributed by atoms with Gasteiger partial charge in [-0.25, -0.2) is 8.78 Å². The summed E-state index contributed by atoms with van der Waals surface area (Å²) in [5.41, 5.74) is 9.29. The van der Waals surface area contributed by atoms with E-state index >= 15 is 0 Å². The minimum absolute atomic E-state index is 0.00279. The summed E-state index contributed by atoms with van der Waals surface area (Å²) in [6.45, 7) is 1.69. The molecule has 1 fully saturated rings. The number of hydrogen-bond acceptors (Lipinski definition) is 5. The summed E-state index contributed by atoms with van der Waals surface area (Å²) >= 11 is 4.60. The number of halogens is 2. The molecule has 0 radical (unpaired) electrons. The van der Waals surface area contributed by atoms with Crippen molar-refractivity contribution in [1.29, 1.82) is 5.26 Å². The molecular formula is C20H20F2N6S. The molecule has 0 amide bonds. The van der Waals surface area contributed by atoms with E-state index < -0.39 is 11.6 Å². The minimum Gasteiger partial charge on any atom is -0.375 e. The Morgan fingerprint density at radius 1 is 1.34 bits per heavy atom. The van der Waals surface area contributed by atoms with Gasteiger partial charge in [-0.1, -0.05) is 18.2 Å². The SMILES string of the molecule is N#Cc1ccccc1CN[C@H]1CCN(c2cc(F)c(C=NNC(N)=S)cc2F)C1. The van der Waals surface area contributed by atoms with Crippen LogP contribution in [-0.2, 0) is 6.54 Å². The lowest BCUT2D eigenvalue weighted by Gasteiger charge is -2.20. The maximum atomic E-state index is 14.5. The molecule has 0 aromatic heterocycles. The predicted octanol–water partition coefficient (Wildman–Crippen LogP) is 2.37. The van der Waals surface area contributed by atoms with Crippen LogP contribution in [0.1, 0.15) is 23.1 Å². The standard InChI is InChI=1S/C20H20F2N6S/c21-17-8-19(18(22)7-15(17)11-26-27-20(24)29)28-6-5-16(12-28)25-10-14-4-2-1-3-13(14)9-23/h1-4,7-8,11,16,25H,5-6,10,12H2,(H3,24,27,29)/t16-/m0/s1. The van der Waals surface area contributed by atoms with E-state index in [1.807, 2.05) is 18.2 Å². The van der Waals surface area contributed by atoms with Crippen molar-refractivity contribution in [2.45, 2.75) is 19.0 Å². The van der Waals surface area contributed by atoms with Crippen LogP contribution in [0.25, 0.3) is 0 Å². The van der Waals surface area contributed by atoms with Crippen LogP contribution in [0.4, 0.5) is 14.5 Å². The molecule has 4 N–H and O–H groups in total. The number of hydrazone groups is 1. The lowest BCUT2D eigenvalue weighted by Crippen LogP contribution is -2.32. The monoisotopic (exact) mass is 414 g/mol. The van der Waals surface area contributed by atoms with Crippen LogP contribution in [0.5, 0.6) is 0 Å². The average Bonchev–Trinajstić information content (AvgIpc) is 3.17. The highest BCUT2D eigenvalue weighted by Crippen LogP contribution is 2.26. The lowest BCUT2D eigenvalue weighted by molar-refractivity contribution is 0.549. The molecule has 0 saturated carbocycles. The van der Waals surface area contributed by atoms with Gasteiger partial charge in [0.05, 0.1) is 23.5 Å². The second-order valence-corrected chi connectivity index (χ2v) is 7.08. The molecule has 9 heteroatoms. The number of nitrogens with one attached hydrogen (secondary N) is 2. The van der Waals surface area contributed by atoms with Gasteiger partial charge >= 0.3 is 0 Å². The lowest BCUT2D eigenvalue weighted by atomic mass is 10.1. The quantitative estimate of drug-likeness (QED) is 0.382. The fraction of sp³-hybridized carbons (Fsp3) is 0.250. The Labute approximate surface area is 173 Å². The van der Waals surface area contributed by atoms with Crippen LogP contribution in [-0.4, -0.2) is 30.5 Å². The van der Waals surface area contributed by atoms with Crippen molar-refractivity contribution in [3.8, 4) is 6.07 Å². The Balaban J connectivity index is 1.63. The molecular weight excluding hydrogens is 394 g/mol. The van der Waals surface area contributed by atoms with Crippen molar-refractivity contribution in [2.75, 3.05) is 18.0 Å². The van der Waals surface area contributed by atoms with E-state index in [-0.39, 0.29) is 22.4 Å². The van der Waals surface area contributed by atoms with Crippen molar-refractivity contribution in [3.63, 3.8) is 0 Å². The van der Waals surface area contributed by atoms with E-state index in [0.29, 0.717) is 25.2 Å². The molecule has 1 saturated heterocycles. The van der Waals surface area contributed by atoms with E-state index in [1.54, 1.807) is 11.0 Å². The Morgan fingerprint density at radius 3 is 2.90 bits per heavy atom. The van der Waals surface area contributed by atoms with Gasteiger partial charge in [0.1, 0.15) is 11.6 Å². The molecule has 2 aromatic carbocycles. The Morgan fingerprint density at radius 2 is 2.14 bits per heavy atom. The molecule has 150 valence electrons. The molecule has 6 nitrogen and oxygen atoms in total. The van der Waals surface area contributed by atoms with Crippen LogP contribution in [0.3, 0.4) is 0 Å². The van der Waals surface area contributed by atoms with Gasteiger partial charge in [-0.05, 0) is 36.3 Å². The largest absolute Gasteiger partial charge is 0.375 e. The molecule has 0 bridgehead atoms. The molecule has 0 spiro atoms. The summed E-state index contributed by atoms with van der Waals surface area (Å²) in [7, 11) is 0. The van der Waals surface area contributed by atoms with E-state index in [2.05, 4.69) is 34.1 Å². The third-order valence-electron chi connectivity index (χ3n) is 4.69. The Hall–Kier alpha value is -3.09. The van der Waals surface area contributed by atoms with Gasteiger partial charge in [-0.15, -0.1) is 0 Å². The number of thiocarbonyl (C=S) groups is 1. The molecule has 1 atom stereocenters. The van der Waals surface area contributed by atoms with Gasteiger partial charge in [0, 0.05) is 37.3 Å². The van der Waals surface area contributed by atoms with Crippen LogP contribution in [0, 0.1) is 23.0 Å². The summed E-state index contributed by atoms with van der Waals surface area (Å²) in [6, 6.07) is 11.9. The zero-order valence-corrected chi connectivity index (χ0v) is 16.3. The summed E-state index contributed by atoms with van der Waals surface area (Å²) < 4.78 is 28.9. The molecule has 1 heterocycles. The maximum absolute atomic E-state index is 14.5. The molecule has 1 aliphatic rings. The molecule has 1 aliphatic heterocycles. The Kier molecular flexibility index (Phi) is 6.69. The third-order valence-corrected chi connectivity index (χ3v) is 4.78. The van der Waals surface area contributed by atoms with Gasteiger partial charge in [0.2, 0.25) is 0 Å². The second kappa shape index (κ2) is 9.41. The first kappa shape index (κ1) is 20.6. The van der Waals surface area contributed by atoms with Crippen molar-refractivity contribution < 1.29 is 8.78 Å². The van der Waals surface area contributed by atoms with Crippen molar-refractivity contribution in [2.24, 2.45) is 10.8 Å².